The van der Waals surface area contributed by atoms with E-state index in [4.69, 9.17) is 0 Å². The van der Waals surface area contributed by atoms with Crippen molar-refractivity contribution in [3.8, 4) is 0 Å². The van der Waals surface area contributed by atoms with E-state index in [0.29, 0.717) is 0 Å². The maximum Gasteiger partial charge on any atom is -0.0455 e. The third kappa shape index (κ3) is 2.79. The lowest BCUT2D eigenvalue weighted by Crippen LogP contribution is -2.02. The second kappa shape index (κ2) is 5.61. The van der Waals surface area contributed by atoms with Crippen LogP contribution >= 0.6 is 8.19 Å². The quantitative estimate of drug-likeness (QED) is 0.594. The van der Waals surface area contributed by atoms with Crippen LogP contribution in [0.5, 0.6) is 0 Å². The van der Waals surface area contributed by atoms with E-state index in [-0.39, 0.29) is 0 Å². The predicted octanol–water partition coefficient (Wildman–Crippen LogP) is 6.08. The van der Waals surface area contributed by atoms with E-state index in [9.17, 15) is 0 Å². The first kappa shape index (κ1) is 11.8. The minimum absolute atomic E-state index is 0.933. The predicted molar refractivity (Wildman–Crippen MR) is 76.2 cm³/mol. The van der Waals surface area contributed by atoms with Gasteiger partial charge in [-0.05, 0) is 37.5 Å². The van der Waals surface area contributed by atoms with Crippen LogP contribution in [0.25, 0.3) is 0 Å². The van der Waals surface area contributed by atoms with Crippen LogP contribution in [0.3, 0.4) is 0 Å². The maximum absolute atomic E-state index is 2.47. The average molecular weight is 247 g/mol. The summed E-state index contributed by atoms with van der Waals surface area (Å²) < 4.78 is 0. The molecule has 0 bridgehead atoms. The standard InChI is InChI=1S/C16H24P/c1-3-7-13(8-4-1)15-11-12-16(17-15)14-9-5-2-6-10-14/h11-14H,1-10H2/q-1. The summed E-state index contributed by atoms with van der Waals surface area (Å²) in [5.74, 6) is 1.87. The lowest BCUT2D eigenvalue weighted by molar-refractivity contribution is 0.447. The summed E-state index contributed by atoms with van der Waals surface area (Å²) in [6, 6.07) is 4.95. The second-order valence-electron chi connectivity index (χ2n) is 5.96. The van der Waals surface area contributed by atoms with Crippen molar-refractivity contribution < 1.29 is 0 Å². The lowest BCUT2D eigenvalue weighted by atomic mass is 9.87. The van der Waals surface area contributed by atoms with Gasteiger partial charge in [-0.3, -0.25) is 0 Å². The summed E-state index contributed by atoms with van der Waals surface area (Å²) in [5.41, 5.74) is 0. The summed E-state index contributed by atoms with van der Waals surface area (Å²) in [5, 5.41) is 3.51. The van der Waals surface area contributed by atoms with Gasteiger partial charge in [-0.25, -0.2) is 10.6 Å². The summed E-state index contributed by atoms with van der Waals surface area (Å²) in [6.45, 7) is 0. The van der Waals surface area contributed by atoms with Crippen molar-refractivity contribution in [2.75, 3.05) is 0 Å². The summed E-state index contributed by atoms with van der Waals surface area (Å²) >= 11 is 0. The van der Waals surface area contributed by atoms with Crippen LogP contribution in [0.15, 0.2) is 12.1 Å². The first-order chi connectivity index (χ1) is 8.43. The molecule has 0 unspecified atom stereocenters. The SMILES string of the molecule is c1cc(C2CCCCC2)[p-]c1C1CCCCC1. The van der Waals surface area contributed by atoms with Gasteiger partial charge in [0.15, 0.2) is 0 Å². The Balaban J connectivity index is 1.68. The van der Waals surface area contributed by atoms with Crippen LogP contribution in [0.1, 0.15) is 86.6 Å². The largest absolute Gasteiger partial charge is 0.524 e. The highest BCUT2D eigenvalue weighted by Gasteiger charge is 2.14. The zero-order valence-corrected chi connectivity index (χ0v) is 11.7. The molecule has 2 saturated carbocycles. The third-order valence-corrected chi connectivity index (χ3v) is 6.27. The number of hydrogen-bond acceptors (Lipinski definition) is 0. The fourth-order valence-electron chi connectivity index (χ4n) is 3.65. The number of rotatable bonds is 2. The Kier molecular flexibility index (Phi) is 3.91. The second-order valence-corrected chi connectivity index (χ2v) is 7.22. The topological polar surface area (TPSA) is 0 Å². The van der Waals surface area contributed by atoms with Crippen molar-refractivity contribution in [3.63, 3.8) is 0 Å². The Morgan fingerprint density at radius 1 is 0.647 bits per heavy atom. The summed E-state index contributed by atoms with van der Waals surface area (Å²) in [7, 11) is 1.61. The van der Waals surface area contributed by atoms with Crippen LogP contribution in [0, 0.1) is 0 Å². The highest BCUT2D eigenvalue weighted by molar-refractivity contribution is 7.32. The van der Waals surface area contributed by atoms with E-state index in [1.54, 1.807) is 18.8 Å². The third-order valence-electron chi connectivity index (χ3n) is 4.73. The zero-order chi connectivity index (χ0) is 11.5. The van der Waals surface area contributed by atoms with Gasteiger partial charge in [0.1, 0.15) is 0 Å². The minimum atomic E-state index is 0.933. The number of hydrogen-bond donors (Lipinski definition) is 0. The van der Waals surface area contributed by atoms with Gasteiger partial charge < -0.3 is 8.19 Å². The molecule has 2 fully saturated rings. The molecule has 0 radical (unpaired) electrons. The van der Waals surface area contributed by atoms with E-state index >= 15 is 0 Å². The molecule has 1 aromatic rings. The molecule has 1 heteroatoms. The summed E-state index contributed by atoms with van der Waals surface area (Å²) in [4.78, 5) is 0. The molecule has 0 aromatic carbocycles. The fourth-order valence-corrected chi connectivity index (χ4v) is 5.12. The highest BCUT2D eigenvalue weighted by atomic mass is 31.0. The van der Waals surface area contributed by atoms with Crippen LogP contribution in [0.2, 0.25) is 0 Å². The van der Waals surface area contributed by atoms with Crippen molar-refractivity contribution in [1.29, 1.82) is 0 Å². The molecule has 1 heterocycles. The van der Waals surface area contributed by atoms with Gasteiger partial charge in [-0.15, -0.1) is 0 Å². The van der Waals surface area contributed by atoms with Crippen molar-refractivity contribution in [1.82, 2.24) is 0 Å². The summed E-state index contributed by atoms with van der Waals surface area (Å²) in [6.07, 6.45) is 14.7. The molecule has 0 N–H and O–H groups in total. The highest BCUT2D eigenvalue weighted by Crippen LogP contribution is 2.44. The smallest absolute Gasteiger partial charge is 0.0455 e. The van der Waals surface area contributed by atoms with Crippen LogP contribution in [-0.4, -0.2) is 0 Å². The molecule has 0 amide bonds. The van der Waals surface area contributed by atoms with Crippen molar-refractivity contribution in [2.45, 2.75) is 76.0 Å². The fraction of sp³-hybridized carbons (Fsp3) is 0.750. The molecule has 3 rings (SSSR count). The maximum atomic E-state index is 2.47. The van der Waals surface area contributed by atoms with E-state index in [2.05, 4.69) is 12.1 Å². The van der Waals surface area contributed by atoms with E-state index in [1.807, 2.05) is 0 Å². The monoisotopic (exact) mass is 247 g/mol. The molecule has 1 aromatic heterocycles. The Morgan fingerprint density at radius 2 is 1.06 bits per heavy atom. The molecule has 0 nitrogen and oxygen atoms in total. The van der Waals surface area contributed by atoms with Gasteiger partial charge in [0, 0.05) is 0 Å². The molecular formula is C16H24P-. The van der Waals surface area contributed by atoms with Gasteiger partial charge in [-0.1, -0.05) is 50.7 Å². The molecule has 0 aliphatic heterocycles. The molecule has 0 saturated heterocycles. The van der Waals surface area contributed by atoms with Crippen LogP contribution in [0.4, 0.5) is 0 Å². The van der Waals surface area contributed by atoms with Gasteiger partial charge >= 0.3 is 0 Å². The van der Waals surface area contributed by atoms with E-state index < -0.39 is 0 Å². The van der Waals surface area contributed by atoms with Gasteiger partial charge in [0.05, 0.1) is 0 Å². The molecule has 0 spiro atoms. The lowest BCUT2D eigenvalue weighted by Gasteiger charge is -2.29. The van der Waals surface area contributed by atoms with Crippen LogP contribution < -0.4 is 0 Å². The van der Waals surface area contributed by atoms with Gasteiger partial charge in [-0.2, -0.15) is 0 Å². The Labute approximate surface area is 107 Å². The molecule has 2 aliphatic rings. The Morgan fingerprint density at radius 3 is 1.47 bits per heavy atom. The normalized spacial score (nSPS) is 24.0. The first-order valence-electron chi connectivity index (χ1n) is 7.57. The average Bonchev–Trinajstić information content (AvgIpc) is 2.90. The zero-order valence-electron chi connectivity index (χ0n) is 10.8. The molecule has 0 atom stereocenters. The van der Waals surface area contributed by atoms with Gasteiger partial charge in [0.25, 0.3) is 0 Å². The molecule has 94 valence electrons. The first-order valence-corrected chi connectivity index (χ1v) is 8.46. The van der Waals surface area contributed by atoms with Crippen molar-refractivity contribution in [3.05, 3.63) is 22.7 Å². The van der Waals surface area contributed by atoms with Crippen LogP contribution in [-0.2, 0) is 0 Å². The van der Waals surface area contributed by atoms with Gasteiger partial charge in [0.2, 0.25) is 0 Å². The molecule has 17 heavy (non-hydrogen) atoms. The Bertz CT molecular complexity index is 308. The molecule has 2 aliphatic carbocycles. The Hall–Kier alpha value is -0.220. The van der Waals surface area contributed by atoms with Crippen molar-refractivity contribution >= 4 is 8.19 Å². The van der Waals surface area contributed by atoms with E-state index in [1.165, 1.54) is 64.2 Å². The molecular weight excluding hydrogens is 223 g/mol. The minimum Gasteiger partial charge on any atom is -0.524 e. The van der Waals surface area contributed by atoms with Crippen molar-refractivity contribution in [2.24, 2.45) is 0 Å². The van der Waals surface area contributed by atoms with E-state index in [0.717, 1.165) is 11.8 Å².